The first-order chi connectivity index (χ1) is 5.27. The maximum absolute atomic E-state index is 2.42. The molecule has 0 radical (unpaired) electrons. The summed E-state index contributed by atoms with van der Waals surface area (Å²) in [4.78, 5) is 0. The average Bonchev–Trinajstić information content (AvgIpc) is 2.69. The fraction of sp³-hybridized carbons (Fsp3) is 0.636. The van der Waals surface area contributed by atoms with Gasteiger partial charge in [-0.15, -0.1) is 0 Å². The van der Waals surface area contributed by atoms with Gasteiger partial charge in [-0.05, 0) is 29.9 Å². The second-order valence-electron chi connectivity index (χ2n) is 3.39. The Hall–Kier alpha value is -0.520. The van der Waals surface area contributed by atoms with E-state index in [1.54, 1.807) is 11.1 Å². The van der Waals surface area contributed by atoms with E-state index in [9.17, 15) is 0 Å². The zero-order chi connectivity index (χ0) is 8.27. The molecule has 0 aliphatic heterocycles. The molecule has 1 fully saturated rings. The van der Waals surface area contributed by atoms with Crippen LogP contribution in [0.15, 0.2) is 23.3 Å². The number of rotatable bonds is 3. The minimum atomic E-state index is 0.771. The van der Waals surface area contributed by atoms with Crippen molar-refractivity contribution in [1.29, 1.82) is 0 Å². The highest BCUT2D eigenvalue weighted by Gasteiger charge is 2.19. The first kappa shape index (κ1) is 8.58. The summed E-state index contributed by atoms with van der Waals surface area (Å²) >= 11 is 0. The van der Waals surface area contributed by atoms with Gasteiger partial charge in [-0.1, -0.05) is 39.3 Å². The summed E-state index contributed by atoms with van der Waals surface area (Å²) < 4.78 is 0. The Balaban J connectivity index is 2.42. The third-order valence-corrected chi connectivity index (χ3v) is 2.25. The van der Waals surface area contributed by atoms with Gasteiger partial charge in [-0.3, -0.25) is 0 Å². The van der Waals surface area contributed by atoms with Crippen LogP contribution >= 0.6 is 0 Å². The summed E-state index contributed by atoms with van der Waals surface area (Å²) in [6.07, 6.45) is 8.48. The number of hydrogen-bond donors (Lipinski definition) is 0. The van der Waals surface area contributed by atoms with Crippen LogP contribution in [0.5, 0.6) is 0 Å². The van der Waals surface area contributed by atoms with Crippen molar-refractivity contribution in [2.75, 3.05) is 0 Å². The molecule has 0 nitrogen and oxygen atoms in total. The molecule has 0 heterocycles. The lowest BCUT2D eigenvalue weighted by Gasteiger charge is -1.96. The summed E-state index contributed by atoms with van der Waals surface area (Å²) in [5.74, 6) is 0.771. The molecule has 1 rings (SSSR count). The van der Waals surface area contributed by atoms with Crippen LogP contribution in [-0.2, 0) is 0 Å². The first-order valence-electron chi connectivity index (χ1n) is 4.68. The molecule has 1 aliphatic rings. The zero-order valence-electron chi connectivity index (χ0n) is 7.85. The molecule has 1 aliphatic carbocycles. The molecule has 0 N–H and O–H groups in total. The molecule has 0 amide bonds. The second-order valence-corrected chi connectivity index (χ2v) is 3.39. The molecule has 0 heteroatoms. The van der Waals surface area contributed by atoms with Gasteiger partial charge in [0.05, 0.1) is 0 Å². The van der Waals surface area contributed by atoms with Gasteiger partial charge in [0.1, 0.15) is 0 Å². The minimum Gasteiger partial charge on any atom is -0.0810 e. The lowest BCUT2D eigenvalue weighted by Crippen LogP contribution is -1.82. The topological polar surface area (TPSA) is 0 Å². The molecule has 1 unspecified atom stereocenters. The highest BCUT2D eigenvalue weighted by Crippen LogP contribution is 2.38. The summed E-state index contributed by atoms with van der Waals surface area (Å²) in [6, 6.07) is 0. The van der Waals surface area contributed by atoms with E-state index in [1.807, 2.05) is 0 Å². The van der Waals surface area contributed by atoms with Gasteiger partial charge in [0.15, 0.2) is 0 Å². The van der Waals surface area contributed by atoms with Crippen LogP contribution in [0.3, 0.4) is 0 Å². The van der Waals surface area contributed by atoms with Crippen LogP contribution in [0.4, 0.5) is 0 Å². The highest BCUT2D eigenvalue weighted by atomic mass is 14.2. The fourth-order valence-electron chi connectivity index (χ4n) is 1.24. The van der Waals surface area contributed by atoms with Crippen LogP contribution in [0.1, 0.15) is 40.0 Å². The molecule has 0 spiro atoms. The summed E-state index contributed by atoms with van der Waals surface area (Å²) in [6.45, 7) is 6.73. The largest absolute Gasteiger partial charge is 0.0810 e. The smallest absolute Gasteiger partial charge is 0.00265 e. The van der Waals surface area contributed by atoms with Gasteiger partial charge in [0.25, 0.3) is 0 Å². The van der Waals surface area contributed by atoms with Crippen molar-refractivity contribution < 1.29 is 0 Å². The Morgan fingerprint density at radius 1 is 1.36 bits per heavy atom. The highest BCUT2D eigenvalue weighted by molar-refractivity contribution is 5.50. The Bertz CT molecular complexity index is 184. The Morgan fingerprint density at radius 2 is 2.09 bits per heavy atom. The fourth-order valence-corrected chi connectivity index (χ4v) is 1.24. The van der Waals surface area contributed by atoms with E-state index >= 15 is 0 Å². The monoisotopic (exact) mass is 150 g/mol. The lowest BCUT2D eigenvalue weighted by molar-refractivity contribution is 0.697. The Kier molecular flexibility index (Phi) is 2.92. The van der Waals surface area contributed by atoms with E-state index in [-0.39, 0.29) is 0 Å². The standard InChI is InChI=1S/C11H18/c1-4-6-10-8-11(10)7-9(3)5-2/h6-7,9H,4-5,8H2,1-3H3. The summed E-state index contributed by atoms with van der Waals surface area (Å²) in [5, 5.41) is 0. The van der Waals surface area contributed by atoms with Crippen LogP contribution in [0.2, 0.25) is 0 Å². The molecule has 62 valence electrons. The summed E-state index contributed by atoms with van der Waals surface area (Å²) in [5.41, 5.74) is 3.19. The molecule has 0 saturated heterocycles. The molecule has 11 heavy (non-hydrogen) atoms. The maximum atomic E-state index is 2.42. The van der Waals surface area contributed by atoms with E-state index < -0.39 is 0 Å². The van der Waals surface area contributed by atoms with Crippen LogP contribution in [0.25, 0.3) is 0 Å². The van der Waals surface area contributed by atoms with Gasteiger partial charge in [-0.25, -0.2) is 0 Å². The first-order valence-corrected chi connectivity index (χ1v) is 4.68. The van der Waals surface area contributed by atoms with E-state index in [2.05, 4.69) is 32.9 Å². The molecule has 0 bridgehead atoms. The lowest BCUT2D eigenvalue weighted by atomic mass is 10.1. The SMILES string of the molecule is CCC=C1CC1=CC(C)CC. The molecule has 1 atom stereocenters. The minimum absolute atomic E-state index is 0.771. The molecular formula is C11H18. The van der Waals surface area contributed by atoms with E-state index in [0.717, 1.165) is 5.92 Å². The molecule has 0 aromatic heterocycles. The number of allylic oxidation sites excluding steroid dienone is 4. The van der Waals surface area contributed by atoms with Crippen LogP contribution in [0, 0.1) is 5.92 Å². The number of hydrogen-bond acceptors (Lipinski definition) is 0. The van der Waals surface area contributed by atoms with Crippen molar-refractivity contribution in [1.82, 2.24) is 0 Å². The Morgan fingerprint density at radius 3 is 2.64 bits per heavy atom. The van der Waals surface area contributed by atoms with Crippen LogP contribution in [-0.4, -0.2) is 0 Å². The van der Waals surface area contributed by atoms with E-state index in [0.29, 0.717) is 0 Å². The van der Waals surface area contributed by atoms with Crippen molar-refractivity contribution in [3.05, 3.63) is 23.3 Å². The van der Waals surface area contributed by atoms with Crippen molar-refractivity contribution >= 4 is 0 Å². The Labute approximate surface area is 70.0 Å². The maximum Gasteiger partial charge on any atom is -0.00265 e. The van der Waals surface area contributed by atoms with Crippen molar-refractivity contribution in [2.24, 2.45) is 5.92 Å². The molecule has 0 aromatic carbocycles. The van der Waals surface area contributed by atoms with Gasteiger partial charge in [-0.2, -0.15) is 0 Å². The predicted molar refractivity (Wildman–Crippen MR) is 50.5 cm³/mol. The van der Waals surface area contributed by atoms with Gasteiger partial charge in [0.2, 0.25) is 0 Å². The average molecular weight is 150 g/mol. The zero-order valence-corrected chi connectivity index (χ0v) is 7.85. The van der Waals surface area contributed by atoms with Crippen molar-refractivity contribution in [3.63, 3.8) is 0 Å². The molecular weight excluding hydrogens is 132 g/mol. The molecule has 1 saturated carbocycles. The van der Waals surface area contributed by atoms with Gasteiger partial charge >= 0.3 is 0 Å². The molecule has 0 aromatic rings. The van der Waals surface area contributed by atoms with Gasteiger partial charge in [0, 0.05) is 0 Å². The van der Waals surface area contributed by atoms with E-state index in [4.69, 9.17) is 0 Å². The van der Waals surface area contributed by atoms with Crippen molar-refractivity contribution in [3.8, 4) is 0 Å². The third-order valence-electron chi connectivity index (χ3n) is 2.25. The third kappa shape index (κ3) is 2.53. The summed E-state index contributed by atoms with van der Waals surface area (Å²) in [7, 11) is 0. The van der Waals surface area contributed by atoms with Crippen LogP contribution < -0.4 is 0 Å². The second kappa shape index (κ2) is 3.75. The van der Waals surface area contributed by atoms with E-state index in [1.165, 1.54) is 19.3 Å². The predicted octanol–water partition coefficient (Wildman–Crippen LogP) is 3.70. The quantitative estimate of drug-likeness (QED) is 0.575. The van der Waals surface area contributed by atoms with Gasteiger partial charge < -0.3 is 0 Å². The van der Waals surface area contributed by atoms with Crippen molar-refractivity contribution in [2.45, 2.75) is 40.0 Å². The normalized spacial score (nSPS) is 26.1.